The summed E-state index contributed by atoms with van der Waals surface area (Å²) in [6.07, 6.45) is 8.42. The Labute approximate surface area is 190 Å². The minimum absolute atomic E-state index is 0.250. The van der Waals surface area contributed by atoms with Crippen molar-refractivity contribution in [1.82, 2.24) is 0 Å². The highest BCUT2D eigenvalue weighted by atomic mass is 32.1. The van der Waals surface area contributed by atoms with E-state index in [4.69, 9.17) is 4.74 Å². The summed E-state index contributed by atoms with van der Waals surface area (Å²) in [6.45, 7) is 4.98. The highest BCUT2D eigenvalue weighted by Gasteiger charge is 2.10. The van der Waals surface area contributed by atoms with Crippen LogP contribution in [0.2, 0.25) is 0 Å². The molecule has 3 nitrogen and oxygen atoms in total. The summed E-state index contributed by atoms with van der Waals surface area (Å²) in [5, 5.41) is 11.3. The van der Waals surface area contributed by atoms with Crippen LogP contribution in [0.25, 0.3) is 12.2 Å². The third kappa shape index (κ3) is 7.57. The van der Waals surface area contributed by atoms with E-state index in [1.165, 1.54) is 10.6 Å². The van der Waals surface area contributed by atoms with E-state index in [2.05, 4.69) is 71.8 Å². The normalized spacial score (nSPS) is 11.2. The average Bonchev–Trinajstić information content (AvgIpc) is 3.33. The first-order valence-corrected chi connectivity index (χ1v) is 12.1. The van der Waals surface area contributed by atoms with Gasteiger partial charge in [-0.1, -0.05) is 49.7 Å². The van der Waals surface area contributed by atoms with Gasteiger partial charge >= 0.3 is 0 Å². The predicted molar refractivity (Wildman–Crippen MR) is 134 cm³/mol. The minimum atomic E-state index is 0.250. The van der Waals surface area contributed by atoms with Gasteiger partial charge in [-0.2, -0.15) is 0 Å². The van der Waals surface area contributed by atoms with Crippen LogP contribution in [0.3, 0.4) is 0 Å². The molecule has 1 N–H and O–H groups in total. The molecule has 0 unspecified atom stereocenters. The molecule has 164 valence electrons. The lowest BCUT2D eigenvalue weighted by Crippen LogP contribution is -2.25. The Bertz CT molecular complexity index is 906. The summed E-state index contributed by atoms with van der Waals surface area (Å²) in [4.78, 5) is 3.65. The SMILES string of the molecule is CCCCN(CCCCO)c1ccc(/C=C/c2cccs2)c(OCc2ccccc2)c1. The number of hydrogen-bond acceptors (Lipinski definition) is 4. The Morgan fingerprint density at radius 3 is 2.52 bits per heavy atom. The lowest BCUT2D eigenvalue weighted by molar-refractivity contribution is 0.285. The van der Waals surface area contributed by atoms with Gasteiger partial charge in [-0.3, -0.25) is 0 Å². The van der Waals surface area contributed by atoms with Crippen molar-refractivity contribution in [3.05, 3.63) is 82.0 Å². The molecule has 1 aromatic heterocycles. The zero-order valence-electron chi connectivity index (χ0n) is 18.4. The van der Waals surface area contributed by atoms with Crippen molar-refractivity contribution in [3.63, 3.8) is 0 Å². The summed E-state index contributed by atoms with van der Waals surface area (Å²) >= 11 is 1.73. The quantitative estimate of drug-likeness (QED) is 0.297. The van der Waals surface area contributed by atoms with Crippen molar-refractivity contribution in [1.29, 1.82) is 0 Å². The number of rotatable bonds is 13. The number of anilines is 1. The zero-order chi connectivity index (χ0) is 21.7. The summed E-state index contributed by atoms with van der Waals surface area (Å²) in [5.74, 6) is 0.901. The van der Waals surface area contributed by atoms with Gasteiger partial charge in [0.05, 0.1) is 0 Å². The molecule has 0 saturated heterocycles. The van der Waals surface area contributed by atoms with Gasteiger partial charge in [-0.15, -0.1) is 11.3 Å². The fourth-order valence-electron chi connectivity index (χ4n) is 3.41. The van der Waals surface area contributed by atoms with Crippen LogP contribution in [0, 0.1) is 0 Å². The van der Waals surface area contributed by atoms with Crippen molar-refractivity contribution >= 4 is 29.2 Å². The van der Waals surface area contributed by atoms with Crippen LogP contribution < -0.4 is 9.64 Å². The van der Waals surface area contributed by atoms with Crippen LogP contribution >= 0.6 is 11.3 Å². The van der Waals surface area contributed by atoms with E-state index in [1.54, 1.807) is 11.3 Å². The van der Waals surface area contributed by atoms with Gasteiger partial charge < -0.3 is 14.7 Å². The summed E-state index contributed by atoms with van der Waals surface area (Å²) in [5.41, 5.74) is 3.42. The Morgan fingerprint density at radius 1 is 0.935 bits per heavy atom. The molecular weight excluding hydrogens is 402 g/mol. The van der Waals surface area contributed by atoms with E-state index in [-0.39, 0.29) is 6.61 Å². The first kappa shape index (κ1) is 23.1. The molecule has 2 aromatic carbocycles. The maximum absolute atomic E-state index is 9.18. The molecule has 0 atom stereocenters. The Balaban J connectivity index is 1.83. The second-order valence-electron chi connectivity index (χ2n) is 7.62. The lowest BCUT2D eigenvalue weighted by Gasteiger charge is -2.26. The van der Waals surface area contributed by atoms with Crippen LogP contribution in [0.5, 0.6) is 5.75 Å². The van der Waals surface area contributed by atoms with Gasteiger partial charge in [-0.05, 0) is 60.6 Å². The van der Waals surface area contributed by atoms with Crippen LogP contribution in [0.15, 0.2) is 66.0 Å². The second kappa shape index (κ2) is 13.0. The number of unbranched alkanes of at least 4 members (excludes halogenated alkanes) is 2. The lowest BCUT2D eigenvalue weighted by atomic mass is 10.1. The molecular formula is C27H33NO2S. The topological polar surface area (TPSA) is 32.7 Å². The van der Waals surface area contributed by atoms with E-state index >= 15 is 0 Å². The zero-order valence-corrected chi connectivity index (χ0v) is 19.2. The Morgan fingerprint density at radius 2 is 1.77 bits per heavy atom. The summed E-state index contributed by atoms with van der Waals surface area (Å²) < 4.78 is 6.30. The van der Waals surface area contributed by atoms with E-state index in [1.807, 2.05) is 18.2 Å². The van der Waals surface area contributed by atoms with Gasteiger partial charge in [0, 0.05) is 41.9 Å². The van der Waals surface area contributed by atoms with Crippen LogP contribution in [-0.2, 0) is 6.61 Å². The van der Waals surface area contributed by atoms with Crippen molar-refractivity contribution in [2.75, 3.05) is 24.6 Å². The monoisotopic (exact) mass is 435 g/mol. The van der Waals surface area contributed by atoms with Gasteiger partial charge in [0.2, 0.25) is 0 Å². The van der Waals surface area contributed by atoms with Gasteiger partial charge in [0.15, 0.2) is 0 Å². The van der Waals surface area contributed by atoms with Crippen LogP contribution in [-0.4, -0.2) is 24.8 Å². The van der Waals surface area contributed by atoms with Crippen molar-refractivity contribution in [3.8, 4) is 5.75 Å². The fraction of sp³-hybridized carbons (Fsp3) is 0.333. The standard InChI is InChI=1S/C27H33NO2S/c1-2-3-17-28(18-7-8-19-29)25-15-13-24(14-16-26-12-9-20-31-26)27(21-25)30-22-23-10-5-4-6-11-23/h4-6,9-16,20-21,29H,2-3,7-8,17-19,22H2,1H3/b16-14+. The second-order valence-corrected chi connectivity index (χ2v) is 8.60. The maximum atomic E-state index is 9.18. The first-order valence-electron chi connectivity index (χ1n) is 11.2. The first-order chi connectivity index (χ1) is 15.3. The molecule has 0 aliphatic heterocycles. The molecule has 0 aliphatic rings. The number of aliphatic hydroxyl groups is 1. The van der Waals surface area contributed by atoms with Crippen LogP contribution in [0.1, 0.15) is 48.6 Å². The van der Waals surface area contributed by atoms with Crippen molar-refractivity contribution in [2.24, 2.45) is 0 Å². The molecule has 0 aliphatic carbocycles. The molecule has 3 aromatic rings. The minimum Gasteiger partial charge on any atom is -0.488 e. The maximum Gasteiger partial charge on any atom is 0.129 e. The predicted octanol–water partition coefficient (Wildman–Crippen LogP) is 6.88. The molecule has 0 spiro atoms. The molecule has 1 heterocycles. The number of benzene rings is 2. The van der Waals surface area contributed by atoms with E-state index in [0.717, 1.165) is 55.6 Å². The summed E-state index contributed by atoms with van der Waals surface area (Å²) in [6, 6.07) is 21.0. The number of hydrogen-bond donors (Lipinski definition) is 1. The molecule has 0 amide bonds. The van der Waals surface area contributed by atoms with Gasteiger partial charge in [0.25, 0.3) is 0 Å². The molecule has 0 radical (unpaired) electrons. The van der Waals surface area contributed by atoms with E-state index in [0.29, 0.717) is 6.61 Å². The highest BCUT2D eigenvalue weighted by molar-refractivity contribution is 7.10. The number of aliphatic hydroxyl groups excluding tert-OH is 1. The smallest absolute Gasteiger partial charge is 0.129 e. The Hall–Kier alpha value is -2.56. The molecule has 0 fully saturated rings. The van der Waals surface area contributed by atoms with Crippen LogP contribution in [0.4, 0.5) is 5.69 Å². The third-order valence-corrected chi connectivity index (χ3v) is 6.03. The van der Waals surface area contributed by atoms with Crippen molar-refractivity contribution in [2.45, 2.75) is 39.2 Å². The Kier molecular flexibility index (Phi) is 9.68. The molecule has 4 heteroatoms. The van der Waals surface area contributed by atoms with Crippen molar-refractivity contribution < 1.29 is 9.84 Å². The highest BCUT2D eigenvalue weighted by Crippen LogP contribution is 2.29. The third-order valence-electron chi connectivity index (χ3n) is 5.19. The van der Waals surface area contributed by atoms with Gasteiger partial charge in [0.1, 0.15) is 12.4 Å². The number of ether oxygens (including phenoxy) is 1. The van der Waals surface area contributed by atoms with E-state index < -0.39 is 0 Å². The molecule has 31 heavy (non-hydrogen) atoms. The van der Waals surface area contributed by atoms with E-state index in [9.17, 15) is 5.11 Å². The number of thiophene rings is 1. The molecule has 0 saturated carbocycles. The summed E-state index contributed by atoms with van der Waals surface area (Å²) in [7, 11) is 0. The largest absolute Gasteiger partial charge is 0.488 e. The molecule has 0 bridgehead atoms. The molecule has 3 rings (SSSR count). The fourth-order valence-corrected chi connectivity index (χ4v) is 4.03. The van der Waals surface area contributed by atoms with Gasteiger partial charge in [-0.25, -0.2) is 0 Å². The number of nitrogens with zero attached hydrogens (tertiary/aromatic N) is 1. The average molecular weight is 436 g/mol.